The van der Waals surface area contributed by atoms with E-state index >= 15 is 0 Å². The Kier molecular flexibility index (Phi) is 5.28. The van der Waals surface area contributed by atoms with E-state index < -0.39 is 0 Å². The molecule has 1 N–H and O–H groups in total. The summed E-state index contributed by atoms with van der Waals surface area (Å²) >= 11 is 0. The minimum Gasteiger partial charge on any atom is -0.369 e. The van der Waals surface area contributed by atoms with E-state index in [1.54, 1.807) is 12.4 Å². The maximum Gasteiger partial charge on any atom is 0.224 e. The van der Waals surface area contributed by atoms with Crippen LogP contribution in [0, 0.1) is 12.8 Å². The number of piperidine rings is 1. The highest BCUT2D eigenvalue weighted by Crippen LogP contribution is 2.30. The van der Waals surface area contributed by atoms with Gasteiger partial charge in [0.05, 0.1) is 6.20 Å². The van der Waals surface area contributed by atoms with Crippen LogP contribution < -0.4 is 5.32 Å². The standard InChI is InChI=1S/C22H27N5O/c1-16-6-5-12-26(15-16)20(28)9-10-24-22-21(18-8-4-3-7-17(18)2)25-19-14-23-11-13-27(19)22/h3-4,7-8,11,13-14,16,24H,5-6,9-10,12,15H2,1-2H3/t16-/m1/s1. The molecule has 1 saturated heterocycles. The van der Waals surface area contributed by atoms with Crippen LogP contribution in [0.2, 0.25) is 0 Å². The number of aromatic nitrogens is 3. The van der Waals surface area contributed by atoms with Gasteiger partial charge in [0.15, 0.2) is 5.65 Å². The molecular weight excluding hydrogens is 350 g/mol. The molecule has 0 unspecified atom stereocenters. The van der Waals surface area contributed by atoms with Crippen molar-refractivity contribution in [2.45, 2.75) is 33.1 Å². The highest BCUT2D eigenvalue weighted by Gasteiger charge is 2.21. The summed E-state index contributed by atoms with van der Waals surface area (Å²) in [6.45, 7) is 6.66. The predicted molar refractivity (Wildman–Crippen MR) is 111 cm³/mol. The van der Waals surface area contributed by atoms with Crippen molar-refractivity contribution < 1.29 is 4.79 Å². The SMILES string of the molecule is Cc1ccccc1-c1nc2cnccn2c1NCCC(=O)N1CCC[C@@H](C)C1. The number of nitrogens with zero attached hydrogens (tertiary/aromatic N) is 4. The molecule has 6 nitrogen and oxygen atoms in total. The van der Waals surface area contributed by atoms with Crippen molar-refractivity contribution in [1.82, 2.24) is 19.3 Å². The zero-order valence-electron chi connectivity index (χ0n) is 16.6. The Hall–Kier alpha value is -2.89. The number of hydrogen-bond donors (Lipinski definition) is 1. The van der Waals surface area contributed by atoms with Gasteiger partial charge in [-0.2, -0.15) is 0 Å². The molecule has 1 aromatic carbocycles. The fourth-order valence-electron chi connectivity index (χ4n) is 3.96. The summed E-state index contributed by atoms with van der Waals surface area (Å²) in [7, 11) is 0. The molecule has 28 heavy (non-hydrogen) atoms. The van der Waals surface area contributed by atoms with Crippen LogP contribution in [0.4, 0.5) is 5.82 Å². The number of imidazole rings is 1. The van der Waals surface area contributed by atoms with Crippen LogP contribution >= 0.6 is 0 Å². The monoisotopic (exact) mass is 377 g/mol. The molecule has 2 aromatic heterocycles. The van der Waals surface area contributed by atoms with E-state index in [1.165, 1.54) is 12.0 Å². The average molecular weight is 377 g/mol. The van der Waals surface area contributed by atoms with Crippen LogP contribution in [0.3, 0.4) is 0 Å². The van der Waals surface area contributed by atoms with Crippen molar-refractivity contribution in [3.8, 4) is 11.3 Å². The van der Waals surface area contributed by atoms with Gasteiger partial charge in [0.25, 0.3) is 0 Å². The Morgan fingerprint density at radius 2 is 2.18 bits per heavy atom. The molecule has 0 aliphatic carbocycles. The summed E-state index contributed by atoms with van der Waals surface area (Å²) in [6.07, 6.45) is 8.23. The van der Waals surface area contributed by atoms with E-state index in [9.17, 15) is 4.79 Å². The predicted octanol–water partition coefficient (Wildman–Crippen LogP) is 3.77. The summed E-state index contributed by atoms with van der Waals surface area (Å²) in [5.41, 5.74) is 3.94. The number of nitrogens with one attached hydrogen (secondary N) is 1. The number of aryl methyl sites for hydroxylation is 1. The normalized spacial score (nSPS) is 17.1. The second kappa shape index (κ2) is 8.00. The van der Waals surface area contributed by atoms with Crippen molar-refractivity contribution >= 4 is 17.4 Å². The first kappa shape index (κ1) is 18.5. The Morgan fingerprint density at radius 1 is 1.32 bits per heavy atom. The van der Waals surface area contributed by atoms with Crippen LogP contribution in [0.25, 0.3) is 16.9 Å². The minimum atomic E-state index is 0.229. The molecule has 1 atom stereocenters. The molecular formula is C22H27N5O. The molecule has 1 fully saturated rings. The molecule has 146 valence electrons. The lowest BCUT2D eigenvalue weighted by molar-refractivity contribution is -0.132. The lowest BCUT2D eigenvalue weighted by Gasteiger charge is -2.31. The molecule has 1 aliphatic rings. The van der Waals surface area contributed by atoms with Crippen LogP contribution in [0.5, 0.6) is 0 Å². The van der Waals surface area contributed by atoms with Crippen molar-refractivity contribution in [1.29, 1.82) is 0 Å². The third-order valence-corrected chi connectivity index (χ3v) is 5.47. The molecule has 3 aromatic rings. The van der Waals surface area contributed by atoms with Gasteiger partial charge in [0.1, 0.15) is 11.5 Å². The van der Waals surface area contributed by atoms with Gasteiger partial charge in [0.2, 0.25) is 5.91 Å². The first-order valence-electron chi connectivity index (χ1n) is 10.0. The number of likely N-dealkylation sites (tertiary alicyclic amines) is 1. The lowest BCUT2D eigenvalue weighted by Crippen LogP contribution is -2.39. The first-order chi connectivity index (χ1) is 13.6. The molecule has 0 saturated carbocycles. The zero-order chi connectivity index (χ0) is 19.5. The summed E-state index contributed by atoms with van der Waals surface area (Å²) in [5, 5.41) is 3.47. The van der Waals surface area contributed by atoms with Gasteiger partial charge in [-0.15, -0.1) is 0 Å². The smallest absolute Gasteiger partial charge is 0.224 e. The number of anilines is 1. The van der Waals surface area contributed by atoms with Gasteiger partial charge in [-0.3, -0.25) is 14.2 Å². The number of rotatable bonds is 5. The van der Waals surface area contributed by atoms with E-state index in [1.807, 2.05) is 27.6 Å². The second-order valence-corrected chi connectivity index (χ2v) is 7.69. The highest BCUT2D eigenvalue weighted by atomic mass is 16.2. The summed E-state index contributed by atoms with van der Waals surface area (Å²) in [6, 6.07) is 8.22. The number of benzene rings is 1. The van der Waals surface area contributed by atoms with Crippen molar-refractivity contribution in [3.63, 3.8) is 0 Å². The topological polar surface area (TPSA) is 62.5 Å². The van der Waals surface area contributed by atoms with Crippen molar-refractivity contribution in [2.24, 2.45) is 5.92 Å². The van der Waals surface area contributed by atoms with Crippen LogP contribution in [-0.2, 0) is 4.79 Å². The molecule has 0 radical (unpaired) electrons. The average Bonchev–Trinajstić information content (AvgIpc) is 3.07. The number of amides is 1. The Morgan fingerprint density at radius 3 is 3.00 bits per heavy atom. The van der Waals surface area contributed by atoms with Gasteiger partial charge in [0, 0.05) is 44.0 Å². The van der Waals surface area contributed by atoms with E-state index in [0.717, 1.165) is 42.2 Å². The molecule has 0 spiro atoms. The third kappa shape index (κ3) is 3.72. The van der Waals surface area contributed by atoms with E-state index in [-0.39, 0.29) is 5.91 Å². The maximum absolute atomic E-state index is 12.6. The van der Waals surface area contributed by atoms with Gasteiger partial charge in [-0.1, -0.05) is 31.2 Å². The van der Waals surface area contributed by atoms with E-state index in [0.29, 0.717) is 18.9 Å². The van der Waals surface area contributed by atoms with Gasteiger partial charge in [-0.05, 0) is 31.2 Å². The summed E-state index contributed by atoms with van der Waals surface area (Å²) < 4.78 is 2.00. The van der Waals surface area contributed by atoms with Gasteiger partial charge >= 0.3 is 0 Å². The molecule has 0 bridgehead atoms. The highest BCUT2D eigenvalue weighted by molar-refractivity contribution is 5.79. The number of carbonyl (C=O) groups is 1. The first-order valence-corrected chi connectivity index (χ1v) is 10.0. The maximum atomic E-state index is 12.6. The Labute approximate surface area is 165 Å². The Balaban J connectivity index is 1.54. The van der Waals surface area contributed by atoms with Crippen LogP contribution in [0.1, 0.15) is 31.7 Å². The van der Waals surface area contributed by atoms with Crippen molar-refractivity contribution in [3.05, 3.63) is 48.4 Å². The quantitative estimate of drug-likeness (QED) is 0.735. The number of carbonyl (C=O) groups excluding carboxylic acids is 1. The van der Waals surface area contributed by atoms with Gasteiger partial charge in [-0.25, -0.2) is 4.98 Å². The third-order valence-electron chi connectivity index (χ3n) is 5.47. The minimum absolute atomic E-state index is 0.229. The van der Waals surface area contributed by atoms with E-state index in [4.69, 9.17) is 4.98 Å². The number of hydrogen-bond acceptors (Lipinski definition) is 4. The molecule has 1 amide bonds. The molecule has 6 heteroatoms. The molecule has 3 heterocycles. The molecule has 1 aliphatic heterocycles. The lowest BCUT2D eigenvalue weighted by atomic mass is 10.00. The van der Waals surface area contributed by atoms with Crippen LogP contribution in [0.15, 0.2) is 42.9 Å². The summed E-state index contributed by atoms with van der Waals surface area (Å²) in [4.78, 5) is 23.6. The summed E-state index contributed by atoms with van der Waals surface area (Å²) in [5.74, 6) is 1.74. The zero-order valence-corrected chi connectivity index (χ0v) is 16.6. The fourth-order valence-corrected chi connectivity index (χ4v) is 3.96. The van der Waals surface area contributed by atoms with Crippen molar-refractivity contribution in [2.75, 3.05) is 25.0 Å². The number of fused-ring (bicyclic) bond motifs is 1. The largest absolute Gasteiger partial charge is 0.369 e. The fraction of sp³-hybridized carbons (Fsp3) is 0.409. The Bertz CT molecular complexity index is 980. The van der Waals surface area contributed by atoms with Crippen LogP contribution in [-0.4, -0.2) is 44.8 Å². The van der Waals surface area contributed by atoms with Gasteiger partial charge < -0.3 is 10.2 Å². The second-order valence-electron chi connectivity index (χ2n) is 7.69. The molecule has 4 rings (SSSR count). The van der Waals surface area contributed by atoms with E-state index in [2.05, 4.69) is 36.3 Å².